The van der Waals surface area contributed by atoms with Crippen LogP contribution in [-0.4, -0.2) is 53.2 Å². The Morgan fingerprint density at radius 1 is 1.03 bits per heavy atom. The lowest BCUT2D eigenvalue weighted by Gasteiger charge is -2.31. The maximum atomic E-state index is 13.3. The molecule has 0 aliphatic carbocycles. The van der Waals surface area contributed by atoms with Crippen molar-refractivity contribution in [1.29, 1.82) is 0 Å². The van der Waals surface area contributed by atoms with Crippen molar-refractivity contribution >= 4 is 16.8 Å². The Labute approximate surface area is 193 Å². The zero-order valence-electron chi connectivity index (χ0n) is 18.8. The minimum Gasteiger partial charge on any atom is -0.379 e. The molecule has 1 atom stereocenters. The van der Waals surface area contributed by atoms with Crippen molar-refractivity contribution in [2.45, 2.75) is 38.3 Å². The van der Waals surface area contributed by atoms with Crippen LogP contribution in [0.25, 0.3) is 10.9 Å². The summed E-state index contributed by atoms with van der Waals surface area (Å²) in [7, 11) is 0. The number of nitrogens with zero attached hydrogens (tertiary/aromatic N) is 3. The molecule has 2 aliphatic heterocycles. The van der Waals surface area contributed by atoms with Gasteiger partial charge in [0.15, 0.2) is 0 Å². The molecule has 1 saturated heterocycles. The number of nitrogens with one attached hydrogen (secondary N) is 1. The van der Waals surface area contributed by atoms with E-state index < -0.39 is 0 Å². The molecule has 7 heteroatoms. The lowest BCUT2D eigenvalue weighted by Crippen LogP contribution is -2.43. The fourth-order valence-corrected chi connectivity index (χ4v) is 4.76. The highest BCUT2D eigenvalue weighted by atomic mass is 16.5. The first-order valence-electron chi connectivity index (χ1n) is 11.9. The second-order valence-corrected chi connectivity index (χ2v) is 8.88. The molecular formula is C26H30N4O3. The lowest BCUT2D eigenvalue weighted by atomic mass is 10.0. The van der Waals surface area contributed by atoms with Gasteiger partial charge in [0.05, 0.1) is 30.2 Å². The lowest BCUT2D eigenvalue weighted by molar-refractivity contribution is 0.0332. The van der Waals surface area contributed by atoms with Gasteiger partial charge in [-0.3, -0.25) is 19.1 Å². The Bertz CT molecular complexity index is 1190. The Balaban J connectivity index is 1.41. The summed E-state index contributed by atoms with van der Waals surface area (Å²) in [5, 5.41) is 3.79. The highest BCUT2D eigenvalue weighted by molar-refractivity contribution is 5.97. The number of hydrogen-bond donors (Lipinski definition) is 1. The molecule has 1 aromatic heterocycles. The van der Waals surface area contributed by atoms with Gasteiger partial charge < -0.3 is 10.1 Å². The van der Waals surface area contributed by atoms with Gasteiger partial charge in [-0.2, -0.15) is 0 Å². The zero-order chi connectivity index (χ0) is 22.6. The van der Waals surface area contributed by atoms with Gasteiger partial charge in [-0.15, -0.1) is 0 Å². The minimum absolute atomic E-state index is 0.00154. The molecule has 2 aliphatic rings. The molecule has 1 fully saturated rings. The van der Waals surface area contributed by atoms with Crippen LogP contribution < -0.4 is 10.9 Å². The zero-order valence-corrected chi connectivity index (χ0v) is 18.8. The molecule has 7 nitrogen and oxygen atoms in total. The topological polar surface area (TPSA) is 76.5 Å². The van der Waals surface area contributed by atoms with Gasteiger partial charge in [0.25, 0.3) is 11.5 Å². The standard InChI is InChI=1S/C26H30N4O3/c31-25(28-23(19-7-3-1-4-8-19)18-29-13-15-33-16-14-29)20-10-11-21-22(17-20)27-24-9-5-2-6-12-30(24)26(21)32/h1,3-4,7-8,10-11,17,23H,2,5-6,9,12-16,18H2,(H,28,31). The molecule has 1 amide bonds. The largest absolute Gasteiger partial charge is 0.379 e. The van der Waals surface area contributed by atoms with Gasteiger partial charge in [0.1, 0.15) is 5.82 Å². The molecule has 3 aromatic rings. The Morgan fingerprint density at radius 2 is 1.85 bits per heavy atom. The SMILES string of the molecule is O=C(NC(CN1CCOCC1)c1ccccc1)c1ccc2c(=O)n3c(nc2c1)CCCCC3. The van der Waals surface area contributed by atoms with Crippen LogP contribution >= 0.6 is 0 Å². The third-order valence-electron chi connectivity index (χ3n) is 6.63. The number of morpholine rings is 1. The number of benzene rings is 2. The number of ether oxygens (including phenoxy) is 1. The first kappa shape index (κ1) is 21.8. The quantitative estimate of drug-likeness (QED) is 0.652. The van der Waals surface area contributed by atoms with E-state index in [0.29, 0.717) is 29.7 Å². The van der Waals surface area contributed by atoms with Crippen LogP contribution in [0.3, 0.4) is 0 Å². The predicted molar refractivity (Wildman–Crippen MR) is 127 cm³/mol. The smallest absolute Gasteiger partial charge is 0.261 e. The van der Waals surface area contributed by atoms with Gasteiger partial charge in [-0.1, -0.05) is 36.8 Å². The molecule has 1 unspecified atom stereocenters. The average Bonchev–Trinajstić information content (AvgIpc) is 3.10. The number of carbonyl (C=O) groups is 1. The van der Waals surface area contributed by atoms with Crippen LogP contribution in [-0.2, 0) is 17.7 Å². The van der Waals surface area contributed by atoms with Crippen LogP contribution in [0.5, 0.6) is 0 Å². The summed E-state index contributed by atoms with van der Waals surface area (Å²) < 4.78 is 7.28. The molecule has 1 N–H and O–H groups in total. The normalized spacial score (nSPS) is 17.8. The second-order valence-electron chi connectivity index (χ2n) is 8.88. The Kier molecular flexibility index (Phi) is 6.51. The number of hydrogen-bond acceptors (Lipinski definition) is 5. The molecule has 5 rings (SSSR count). The molecule has 2 aromatic carbocycles. The Hall–Kier alpha value is -3.03. The molecule has 0 bridgehead atoms. The summed E-state index contributed by atoms with van der Waals surface area (Å²) in [4.78, 5) is 33.4. The maximum absolute atomic E-state index is 13.3. The van der Waals surface area contributed by atoms with Crippen molar-refractivity contribution in [3.8, 4) is 0 Å². The Morgan fingerprint density at radius 3 is 2.67 bits per heavy atom. The summed E-state index contributed by atoms with van der Waals surface area (Å²) >= 11 is 0. The van der Waals surface area contributed by atoms with E-state index in [1.807, 2.05) is 34.9 Å². The van der Waals surface area contributed by atoms with Crippen molar-refractivity contribution in [1.82, 2.24) is 19.8 Å². The van der Waals surface area contributed by atoms with Crippen LogP contribution in [0.4, 0.5) is 0 Å². The molecule has 3 heterocycles. The van der Waals surface area contributed by atoms with Gasteiger partial charge >= 0.3 is 0 Å². The van der Waals surface area contributed by atoms with E-state index in [0.717, 1.165) is 63.3 Å². The average molecular weight is 447 g/mol. The minimum atomic E-state index is -0.157. The molecule has 0 spiro atoms. The van der Waals surface area contributed by atoms with E-state index >= 15 is 0 Å². The summed E-state index contributed by atoms with van der Waals surface area (Å²) in [5.41, 5.74) is 2.19. The van der Waals surface area contributed by atoms with Crippen molar-refractivity contribution in [3.05, 3.63) is 75.8 Å². The number of amides is 1. The predicted octanol–water partition coefficient (Wildman–Crippen LogP) is 2.93. The highest BCUT2D eigenvalue weighted by Crippen LogP contribution is 2.19. The third-order valence-corrected chi connectivity index (χ3v) is 6.63. The van der Waals surface area contributed by atoms with Gasteiger partial charge in [0, 0.05) is 38.2 Å². The van der Waals surface area contributed by atoms with E-state index in [1.54, 1.807) is 18.2 Å². The number of fused-ring (bicyclic) bond motifs is 2. The second kappa shape index (κ2) is 9.85. The first-order chi connectivity index (χ1) is 16.2. The molecule has 172 valence electrons. The van der Waals surface area contributed by atoms with E-state index in [9.17, 15) is 9.59 Å². The van der Waals surface area contributed by atoms with E-state index in [2.05, 4.69) is 10.2 Å². The molecule has 0 radical (unpaired) electrons. The van der Waals surface area contributed by atoms with E-state index in [4.69, 9.17) is 9.72 Å². The van der Waals surface area contributed by atoms with Crippen molar-refractivity contribution in [3.63, 3.8) is 0 Å². The van der Waals surface area contributed by atoms with Gasteiger partial charge in [-0.25, -0.2) is 4.98 Å². The van der Waals surface area contributed by atoms with Gasteiger partial charge in [-0.05, 0) is 36.6 Å². The molecule has 0 saturated carbocycles. The fourth-order valence-electron chi connectivity index (χ4n) is 4.76. The first-order valence-corrected chi connectivity index (χ1v) is 11.9. The summed E-state index contributed by atoms with van der Waals surface area (Å²) in [6, 6.07) is 15.2. The van der Waals surface area contributed by atoms with Crippen LogP contribution in [0.1, 0.15) is 47.1 Å². The van der Waals surface area contributed by atoms with Crippen LogP contribution in [0.15, 0.2) is 53.3 Å². The molecule has 33 heavy (non-hydrogen) atoms. The number of carbonyl (C=O) groups excluding carboxylic acids is 1. The summed E-state index contributed by atoms with van der Waals surface area (Å²) in [6.07, 6.45) is 3.96. The third kappa shape index (κ3) is 4.84. The monoisotopic (exact) mass is 446 g/mol. The number of aryl methyl sites for hydroxylation is 1. The van der Waals surface area contributed by atoms with E-state index in [-0.39, 0.29) is 17.5 Å². The molecular weight excluding hydrogens is 416 g/mol. The summed E-state index contributed by atoms with van der Waals surface area (Å²) in [6.45, 7) is 4.58. The number of rotatable bonds is 5. The van der Waals surface area contributed by atoms with Gasteiger partial charge in [0.2, 0.25) is 0 Å². The summed E-state index contributed by atoms with van der Waals surface area (Å²) in [5.74, 6) is 0.674. The maximum Gasteiger partial charge on any atom is 0.261 e. The van der Waals surface area contributed by atoms with Crippen LogP contribution in [0.2, 0.25) is 0 Å². The van der Waals surface area contributed by atoms with Crippen LogP contribution in [0, 0.1) is 0 Å². The fraction of sp³-hybridized carbons (Fsp3) is 0.423. The van der Waals surface area contributed by atoms with Crippen molar-refractivity contribution < 1.29 is 9.53 Å². The highest BCUT2D eigenvalue weighted by Gasteiger charge is 2.21. The van der Waals surface area contributed by atoms with Crippen molar-refractivity contribution in [2.24, 2.45) is 0 Å². The number of aromatic nitrogens is 2. The van der Waals surface area contributed by atoms with Crippen molar-refractivity contribution in [2.75, 3.05) is 32.8 Å². The van der Waals surface area contributed by atoms with E-state index in [1.165, 1.54) is 0 Å².